The molecule has 3 unspecified atom stereocenters. The zero-order valence-electron chi connectivity index (χ0n) is 7.24. The number of aliphatic hydroxyl groups is 1. The minimum Gasteiger partial charge on any atom is -0.392 e. The van der Waals surface area contributed by atoms with E-state index in [2.05, 4.69) is 17.9 Å². The Kier molecular flexibility index (Phi) is 2.63. The fourth-order valence-electron chi connectivity index (χ4n) is 1.87. The van der Waals surface area contributed by atoms with Crippen LogP contribution in [-0.2, 0) is 0 Å². The summed E-state index contributed by atoms with van der Waals surface area (Å²) < 4.78 is 0. The Morgan fingerprint density at radius 2 is 1.75 bits per heavy atom. The molecule has 0 amide bonds. The number of nitrogens with one attached hydrogen (secondary N) is 1. The van der Waals surface area contributed by atoms with E-state index in [1.165, 1.54) is 19.3 Å². The molecule has 2 fully saturated rings. The third-order valence-corrected chi connectivity index (χ3v) is 3.43. The first kappa shape index (κ1) is 8.85. The highest BCUT2D eigenvalue weighted by Crippen LogP contribution is 2.27. The van der Waals surface area contributed by atoms with Crippen molar-refractivity contribution in [1.29, 1.82) is 0 Å². The molecule has 0 aromatic rings. The van der Waals surface area contributed by atoms with Gasteiger partial charge in [0.15, 0.2) is 0 Å². The van der Waals surface area contributed by atoms with Crippen LogP contribution in [0.2, 0.25) is 0 Å². The van der Waals surface area contributed by atoms with E-state index in [9.17, 15) is 5.11 Å². The van der Waals surface area contributed by atoms with Gasteiger partial charge in [-0.2, -0.15) is 12.6 Å². The van der Waals surface area contributed by atoms with Crippen LogP contribution in [-0.4, -0.2) is 28.5 Å². The normalized spacial score (nSPS) is 43.0. The van der Waals surface area contributed by atoms with E-state index in [1.54, 1.807) is 0 Å². The number of thiol groups is 1. The predicted molar refractivity (Wildman–Crippen MR) is 52.6 cm³/mol. The van der Waals surface area contributed by atoms with Crippen molar-refractivity contribution in [1.82, 2.24) is 5.32 Å². The van der Waals surface area contributed by atoms with Gasteiger partial charge < -0.3 is 10.4 Å². The minimum absolute atomic E-state index is 0.196. The maximum Gasteiger partial charge on any atom is 0.0671 e. The molecule has 0 radical (unpaired) electrons. The van der Waals surface area contributed by atoms with Gasteiger partial charge in [0.25, 0.3) is 0 Å². The van der Waals surface area contributed by atoms with E-state index in [0.717, 1.165) is 18.9 Å². The van der Waals surface area contributed by atoms with E-state index in [-0.39, 0.29) is 11.4 Å². The lowest BCUT2D eigenvalue weighted by Crippen LogP contribution is -2.41. The zero-order chi connectivity index (χ0) is 8.55. The van der Waals surface area contributed by atoms with E-state index in [1.807, 2.05) is 0 Å². The van der Waals surface area contributed by atoms with Crippen LogP contribution in [0.3, 0.4) is 0 Å². The van der Waals surface area contributed by atoms with Crippen molar-refractivity contribution in [2.45, 2.75) is 55.5 Å². The highest BCUT2D eigenvalue weighted by Gasteiger charge is 2.30. The third kappa shape index (κ3) is 2.15. The van der Waals surface area contributed by atoms with E-state index in [0.29, 0.717) is 6.04 Å². The maximum absolute atomic E-state index is 9.57. The molecular weight excluding hydrogens is 170 g/mol. The maximum atomic E-state index is 9.57. The molecule has 0 aliphatic heterocycles. The Morgan fingerprint density at radius 3 is 2.33 bits per heavy atom. The lowest BCUT2D eigenvalue weighted by atomic mass is 9.92. The molecule has 0 aromatic heterocycles. The van der Waals surface area contributed by atoms with Crippen molar-refractivity contribution in [3.8, 4) is 0 Å². The lowest BCUT2D eigenvalue weighted by Gasteiger charge is -2.31. The van der Waals surface area contributed by atoms with Gasteiger partial charge in [-0.15, -0.1) is 0 Å². The smallest absolute Gasteiger partial charge is 0.0671 e. The van der Waals surface area contributed by atoms with E-state index >= 15 is 0 Å². The van der Waals surface area contributed by atoms with Crippen molar-refractivity contribution in [3.63, 3.8) is 0 Å². The van der Waals surface area contributed by atoms with Gasteiger partial charge in [0.05, 0.1) is 6.10 Å². The van der Waals surface area contributed by atoms with Crippen molar-refractivity contribution >= 4 is 12.6 Å². The molecule has 0 bridgehead atoms. The molecule has 0 saturated heterocycles. The zero-order valence-corrected chi connectivity index (χ0v) is 8.13. The lowest BCUT2D eigenvalue weighted by molar-refractivity contribution is 0.118. The Bertz CT molecular complexity index is 161. The van der Waals surface area contributed by atoms with Crippen LogP contribution < -0.4 is 5.32 Å². The van der Waals surface area contributed by atoms with E-state index < -0.39 is 0 Å². The monoisotopic (exact) mass is 187 g/mol. The Morgan fingerprint density at radius 1 is 1.08 bits per heavy atom. The Hall–Kier alpha value is 0.270. The van der Waals surface area contributed by atoms with Crippen LogP contribution in [0.5, 0.6) is 0 Å². The first-order chi connectivity index (χ1) is 5.75. The van der Waals surface area contributed by atoms with Gasteiger partial charge in [-0.1, -0.05) is 0 Å². The molecule has 2 N–H and O–H groups in total. The number of hydrogen-bond acceptors (Lipinski definition) is 3. The number of rotatable bonds is 2. The second-order valence-electron chi connectivity index (χ2n) is 4.09. The molecule has 2 aliphatic rings. The van der Waals surface area contributed by atoms with Gasteiger partial charge in [0.1, 0.15) is 0 Å². The SMILES string of the molecule is OC1CC(NC2CC2)CCC1S. The fourth-order valence-corrected chi connectivity index (χ4v) is 2.14. The van der Waals surface area contributed by atoms with Gasteiger partial charge in [0.2, 0.25) is 0 Å². The van der Waals surface area contributed by atoms with Crippen LogP contribution in [0.15, 0.2) is 0 Å². The predicted octanol–water partition coefficient (Wildman–Crippen LogP) is 0.950. The fraction of sp³-hybridized carbons (Fsp3) is 1.00. The van der Waals surface area contributed by atoms with Crippen LogP contribution in [0, 0.1) is 0 Å². The molecule has 0 aromatic carbocycles. The van der Waals surface area contributed by atoms with Crippen LogP contribution in [0.25, 0.3) is 0 Å². The molecular formula is C9H17NOS. The quantitative estimate of drug-likeness (QED) is 0.562. The molecule has 3 heteroatoms. The molecule has 0 spiro atoms. The van der Waals surface area contributed by atoms with E-state index in [4.69, 9.17) is 0 Å². The topological polar surface area (TPSA) is 32.3 Å². The molecule has 70 valence electrons. The molecule has 2 aliphatic carbocycles. The summed E-state index contributed by atoms with van der Waals surface area (Å²) in [5.74, 6) is 0. The first-order valence-corrected chi connectivity index (χ1v) is 5.39. The second kappa shape index (κ2) is 3.56. The highest BCUT2D eigenvalue weighted by atomic mass is 32.1. The van der Waals surface area contributed by atoms with Gasteiger partial charge in [-0.05, 0) is 32.1 Å². The molecule has 12 heavy (non-hydrogen) atoms. The Balaban J connectivity index is 1.76. The Labute approximate surface area is 79.1 Å². The average molecular weight is 187 g/mol. The van der Waals surface area contributed by atoms with Crippen molar-refractivity contribution in [2.24, 2.45) is 0 Å². The van der Waals surface area contributed by atoms with Gasteiger partial charge in [-0.3, -0.25) is 0 Å². The summed E-state index contributed by atoms with van der Waals surface area (Å²) in [7, 11) is 0. The van der Waals surface area contributed by atoms with Crippen molar-refractivity contribution in [3.05, 3.63) is 0 Å². The molecule has 0 heterocycles. The summed E-state index contributed by atoms with van der Waals surface area (Å²) >= 11 is 4.33. The van der Waals surface area contributed by atoms with Crippen LogP contribution >= 0.6 is 12.6 Å². The van der Waals surface area contributed by atoms with Gasteiger partial charge in [0, 0.05) is 17.3 Å². The number of hydrogen-bond donors (Lipinski definition) is 3. The van der Waals surface area contributed by atoms with Crippen LogP contribution in [0.1, 0.15) is 32.1 Å². The summed E-state index contributed by atoms with van der Waals surface area (Å²) in [5, 5.41) is 13.3. The summed E-state index contributed by atoms with van der Waals surface area (Å²) in [6, 6.07) is 1.31. The first-order valence-electron chi connectivity index (χ1n) is 4.88. The van der Waals surface area contributed by atoms with Gasteiger partial charge in [-0.25, -0.2) is 0 Å². The average Bonchev–Trinajstić information content (AvgIpc) is 2.81. The molecule has 2 nitrogen and oxygen atoms in total. The highest BCUT2D eigenvalue weighted by molar-refractivity contribution is 7.81. The summed E-state index contributed by atoms with van der Waals surface area (Å²) in [5.41, 5.74) is 0. The van der Waals surface area contributed by atoms with Crippen LogP contribution in [0.4, 0.5) is 0 Å². The number of aliphatic hydroxyl groups excluding tert-OH is 1. The van der Waals surface area contributed by atoms with Gasteiger partial charge >= 0.3 is 0 Å². The van der Waals surface area contributed by atoms with Crippen molar-refractivity contribution in [2.75, 3.05) is 0 Å². The standard InChI is InChI=1S/C9H17NOS/c11-8-5-7(3-4-9(8)12)10-6-1-2-6/h6-12H,1-5H2. The van der Waals surface area contributed by atoms with Crippen molar-refractivity contribution < 1.29 is 5.11 Å². The molecule has 2 saturated carbocycles. The molecule has 2 rings (SSSR count). The summed E-state index contributed by atoms with van der Waals surface area (Å²) in [6.45, 7) is 0. The second-order valence-corrected chi connectivity index (χ2v) is 4.75. The summed E-state index contributed by atoms with van der Waals surface area (Å²) in [4.78, 5) is 0. The largest absolute Gasteiger partial charge is 0.392 e. The minimum atomic E-state index is -0.196. The summed E-state index contributed by atoms with van der Waals surface area (Å²) in [6.07, 6.45) is 5.59. The third-order valence-electron chi connectivity index (χ3n) is 2.83. The molecule has 3 atom stereocenters.